The van der Waals surface area contributed by atoms with Crippen molar-refractivity contribution >= 4 is 0 Å². The number of halogens is 1. The molecule has 0 aliphatic heterocycles. The van der Waals surface area contributed by atoms with E-state index in [1.165, 1.54) is 37.7 Å². The van der Waals surface area contributed by atoms with Crippen LogP contribution in [0.3, 0.4) is 0 Å². The molecule has 1 nitrogen and oxygen atoms in total. The third kappa shape index (κ3) is 4.31. The van der Waals surface area contributed by atoms with Gasteiger partial charge in [-0.05, 0) is 42.4 Å². The predicted molar refractivity (Wildman–Crippen MR) is 78.8 cm³/mol. The van der Waals surface area contributed by atoms with Crippen LogP contribution in [0.2, 0.25) is 0 Å². The molecular formula is C17H26FN. The molecule has 0 atom stereocenters. The molecule has 0 aromatic heterocycles. The van der Waals surface area contributed by atoms with Crippen molar-refractivity contribution < 1.29 is 4.39 Å². The average Bonchev–Trinajstić information content (AvgIpc) is 2.41. The Morgan fingerprint density at radius 2 is 1.74 bits per heavy atom. The molecule has 0 bridgehead atoms. The number of hydrogen-bond acceptors (Lipinski definition) is 1. The fraction of sp³-hybridized carbons (Fsp3) is 0.647. The third-order valence-corrected chi connectivity index (χ3v) is 4.29. The molecule has 1 aromatic rings. The Labute approximate surface area is 116 Å². The van der Waals surface area contributed by atoms with E-state index in [9.17, 15) is 4.39 Å². The second-order valence-electron chi connectivity index (χ2n) is 6.40. The number of nitrogens with one attached hydrogen (secondary N) is 1. The molecule has 1 fully saturated rings. The highest BCUT2D eigenvalue weighted by Crippen LogP contribution is 2.38. The zero-order chi connectivity index (χ0) is 13.7. The maximum absolute atomic E-state index is 13.0. The van der Waals surface area contributed by atoms with E-state index in [2.05, 4.69) is 19.2 Å². The number of benzene rings is 1. The van der Waals surface area contributed by atoms with Gasteiger partial charge in [-0.15, -0.1) is 0 Å². The van der Waals surface area contributed by atoms with E-state index in [1.807, 2.05) is 12.1 Å². The summed E-state index contributed by atoms with van der Waals surface area (Å²) in [6.07, 6.45) is 7.70. The summed E-state index contributed by atoms with van der Waals surface area (Å²) in [5.41, 5.74) is 1.65. The molecule has 0 heterocycles. The molecule has 0 saturated heterocycles. The number of hydrogen-bond donors (Lipinski definition) is 1. The van der Waals surface area contributed by atoms with Crippen LogP contribution in [0, 0.1) is 11.2 Å². The Morgan fingerprint density at radius 3 is 2.32 bits per heavy atom. The Morgan fingerprint density at radius 1 is 1.11 bits per heavy atom. The van der Waals surface area contributed by atoms with Crippen LogP contribution in [0.5, 0.6) is 0 Å². The highest BCUT2D eigenvalue weighted by atomic mass is 19.1. The smallest absolute Gasteiger partial charge is 0.123 e. The van der Waals surface area contributed by atoms with E-state index in [-0.39, 0.29) is 5.82 Å². The van der Waals surface area contributed by atoms with Gasteiger partial charge in [-0.25, -0.2) is 4.39 Å². The normalized spacial score (nSPS) is 18.7. The lowest BCUT2D eigenvalue weighted by Gasteiger charge is -2.38. The quantitative estimate of drug-likeness (QED) is 0.834. The van der Waals surface area contributed by atoms with Crippen molar-refractivity contribution in [3.8, 4) is 0 Å². The molecule has 1 aliphatic rings. The SMILES string of the molecule is CC(C)NCC1(Cc2ccc(F)cc2)CCCCC1. The molecule has 0 unspecified atom stereocenters. The molecule has 0 radical (unpaired) electrons. The monoisotopic (exact) mass is 263 g/mol. The minimum Gasteiger partial charge on any atom is -0.314 e. The lowest BCUT2D eigenvalue weighted by atomic mass is 9.70. The second kappa shape index (κ2) is 6.51. The van der Waals surface area contributed by atoms with Crippen LogP contribution in [-0.2, 0) is 6.42 Å². The molecule has 1 saturated carbocycles. The summed E-state index contributed by atoms with van der Waals surface area (Å²) in [6, 6.07) is 7.60. The highest BCUT2D eigenvalue weighted by Gasteiger charge is 2.32. The van der Waals surface area contributed by atoms with Gasteiger partial charge < -0.3 is 5.32 Å². The summed E-state index contributed by atoms with van der Waals surface area (Å²) in [4.78, 5) is 0. The van der Waals surface area contributed by atoms with Gasteiger partial charge in [-0.2, -0.15) is 0 Å². The van der Waals surface area contributed by atoms with Crippen molar-refractivity contribution in [3.05, 3.63) is 35.6 Å². The van der Waals surface area contributed by atoms with E-state index >= 15 is 0 Å². The minimum atomic E-state index is -0.137. The van der Waals surface area contributed by atoms with Gasteiger partial charge in [0.1, 0.15) is 5.82 Å². The van der Waals surface area contributed by atoms with Gasteiger partial charge >= 0.3 is 0 Å². The van der Waals surface area contributed by atoms with Gasteiger partial charge in [0, 0.05) is 12.6 Å². The zero-order valence-electron chi connectivity index (χ0n) is 12.2. The first kappa shape index (κ1) is 14.5. The van der Waals surface area contributed by atoms with Gasteiger partial charge in [0.2, 0.25) is 0 Å². The van der Waals surface area contributed by atoms with Crippen molar-refractivity contribution in [2.75, 3.05) is 6.54 Å². The van der Waals surface area contributed by atoms with E-state index in [0.717, 1.165) is 13.0 Å². The fourth-order valence-corrected chi connectivity index (χ4v) is 3.17. The standard InChI is InChI=1S/C17H26FN/c1-14(2)19-13-17(10-4-3-5-11-17)12-15-6-8-16(18)9-7-15/h6-9,14,19H,3-5,10-13H2,1-2H3. The Bertz CT molecular complexity index is 377. The summed E-state index contributed by atoms with van der Waals surface area (Å²) in [7, 11) is 0. The zero-order valence-corrected chi connectivity index (χ0v) is 12.2. The summed E-state index contributed by atoms with van der Waals surface area (Å²) in [6.45, 7) is 5.49. The van der Waals surface area contributed by atoms with E-state index in [4.69, 9.17) is 0 Å². The van der Waals surface area contributed by atoms with Crippen LogP contribution < -0.4 is 5.32 Å². The second-order valence-corrected chi connectivity index (χ2v) is 6.40. The fourth-order valence-electron chi connectivity index (χ4n) is 3.17. The molecule has 0 spiro atoms. The Hall–Kier alpha value is -0.890. The Balaban J connectivity index is 2.06. The van der Waals surface area contributed by atoms with Crippen LogP contribution in [-0.4, -0.2) is 12.6 Å². The van der Waals surface area contributed by atoms with Crippen molar-refractivity contribution in [3.63, 3.8) is 0 Å². The molecule has 2 rings (SSSR count). The Kier molecular flexibility index (Phi) is 4.98. The molecule has 2 heteroatoms. The lowest BCUT2D eigenvalue weighted by Crippen LogP contribution is -2.40. The van der Waals surface area contributed by atoms with Crippen LogP contribution >= 0.6 is 0 Å². The molecule has 19 heavy (non-hydrogen) atoms. The van der Waals surface area contributed by atoms with Crippen LogP contribution in [0.4, 0.5) is 4.39 Å². The summed E-state index contributed by atoms with van der Waals surface area (Å²) >= 11 is 0. The predicted octanol–water partition coefficient (Wildman–Crippen LogP) is 4.32. The summed E-state index contributed by atoms with van der Waals surface area (Å²) < 4.78 is 13.0. The maximum Gasteiger partial charge on any atom is 0.123 e. The van der Waals surface area contributed by atoms with E-state index < -0.39 is 0 Å². The van der Waals surface area contributed by atoms with Crippen molar-refractivity contribution in [2.45, 2.75) is 58.4 Å². The van der Waals surface area contributed by atoms with Crippen LogP contribution in [0.25, 0.3) is 0 Å². The first-order chi connectivity index (χ1) is 9.10. The molecule has 1 aliphatic carbocycles. The van der Waals surface area contributed by atoms with Crippen molar-refractivity contribution in [1.82, 2.24) is 5.32 Å². The van der Waals surface area contributed by atoms with E-state index in [1.54, 1.807) is 12.1 Å². The highest BCUT2D eigenvalue weighted by molar-refractivity contribution is 5.18. The summed E-state index contributed by atoms with van der Waals surface area (Å²) in [5, 5.41) is 3.61. The molecule has 0 amide bonds. The third-order valence-electron chi connectivity index (χ3n) is 4.29. The topological polar surface area (TPSA) is 12.0 Å². The lowest BCUT2D eigenvalue weighted by molar-refractivity contribution is 0.176. The molecule has 1 aromatic carbocycles. The summed E-state index contributed by atoms with van der Waals surface area (Å²) in [5.74, 6) is -0.137. The van der Waals surface area contributed by atoms with Gasteiger partial charge in [0.25, 0.3) is 0 Å². The molecule has 106 valence electrons. The maximum atomic E-state index is 13.0. The minimum absolute atomic E-state index is 0.137. The molecule has 1 N–H and O–H groups in total. The van der Waals surface area contributed by atoms with Gasteiger partial charge in [0.05, 0.1) is 0 Å². The molecular weight excluding hydrogens is 237 g/mol. The van der Waals surface area contributed by atoms with Crippen molar-refractivity contribution in [2.24, 2.45) is 5.41 Å². The largest absolute Gasteiger partial charge is 0.314 e. The van der Waals surface area contributed by atoms with Crippen LogP contribution in [0.15, 0.2) is 24.3 Å². The van der Waals surface area contributed by atoms with E-state index in [0.29, 0.717) is 11.5 Å². The van der Waals surface area contributed by atoms with Gasteiger partial charge in [-0.3, -0.25) is 0 Å². The average molecular weight is 263 g/mol. The number of rotatable bonds is 5. The van der Waals surface area contributed by atoms with Crippen molar-refractivity contribution in [1.29, 1.82) is 0 Å². The van der Waals surface area contributed by atoms with Crippen LogP contribution in [0.1, 0.15) is 51.5 Å². The van der Waals surface area contributed by atoms with Gasteiger partial charge in [-0.1, -0.05) is 45.2 Å². The first-order valence-electron chi connectivity index (χ1n) is 7.58. The van der Waals surface area contributed by atoms with Gasteiger partial charge in [0.15, 0.2) is 0 Å². The first-order valence-corrected chi connectivity index (χ1v) is 7.58.